The fourth-order valence-corrected chi connectivity index (χ4v) is 2.95. The van der Waals surface area contributed by atoms with Crippen LogP contribution in [-0.2, 0) is 16.6 Å². The van der Waals surface area contributed by atoms with Crippen LogP contribution in [0.25, 0.3) is 0 Å². The van der Waals surface area contributed by atoms with Gasteiger partial charge in [0.05, 0.1) is 12.0 Å². The highest BCUT2D eigenvalue weighted by molar-refractivity contribution is 7.89. The second-order valence-corrected chi connectivity index (χ2v) is 5.68. The normalized spacial score (nSPS) is 11.4. The van der Waals surface area contributed by atoms with Crippen LogP contribution in [0.4, 0.5) is 5.69 Å². The van der Waals surface area contributed by atoms with Gasteiger partial charge in [0.25, 0.3) is 0 Å². The maximum atomic E-state index is 12.2. The molecule has 1 heterocycles. The fourth-order valence-electron chi connectivity index (χ4n) is 1.71. The van der Waals surface area contributed by atoms with Gasteiger partial charge >= 0.3 is 0 Å². The van der Waals surface area contributed by atoms with Crippen molar-refractivity contribution in [2.75, 3.05) is 18.9 Å². The first kappa shape index (κ1) is 13.6. The lowest BCUT2D eigenvalue weighted by atomic mass is 10.3. The molecule has 1 aromatic carbocycles. The molecule has 2 rings (SSSR count). The average Bonchev–Trinajstić information content (AvgIpc) is 2.91. The lowest BCUT2D eigenvalue weighted by molar-refractivity contribution is 0.573. The van der Waals surface area contributed by atoms with Gasteiger partial charge in [-0.2, -0.15) is 0 Å². The summed E-state index contributed by atoms with van der Waals surface area (Å²) in [4.78, 5) is 4.15. The van der Waals surface area contributed by atoms with Crippen molar-refractivity contribution in [1.29, 1.82) is 0 Å². The molecule has 0 spiro atoms. The van der Waals surface area contributed by atoms with Crippen LogP contribution in [0.1, 0.15) is 0 Å². The van der Waals surface area contributed by atoms with Gasteiger partial charge in [-0.25, -0.2) is 18.1 Å². The van der Waals surface area contributed by atoms with Crippen molar-refractivity contribution in [3.05, 3.63) is 43.0 Å². The summed E-state index contributed by atoms with van der Waals surface area (Å²) in [5.74, 6) is 0. The van der Waals surface area contributed by atoms with Crippen LogP contribution in [-0.4, -0.2) is 31.6 Å². The molecule has 102 valence electrons. The van der Waals surface area contributed by atoms with Gasteiger partial charge in [0.2, 0.25) is 10.0 Å². The van der Waals surface area contributed by atoms with Gasteiger partial charge in [-0.15, -0.1) is 0 Å². The number of rotatable bonds is 6. The van der Waals surface area contributed by atoms with E-state index in [1.54, 1.807) is 50.0 Å². The molecular weight excluding hydrogens is 264 g/mol. The minimum atomic E-state index is -3.50. The van der Waals surface area contributed by atoms with Crippen LogP contribution in [0, 0.1) is 0 Å². The maximum Gasteiger partial charge on any atom is 0.242 e. The lowest BCUT2D eigenvalue weighted by Gasteiger charge is -2.11. The van der Waals surface area contributed by atoms with Crippen molar-refractivity contribution in [2.45, 2.75) is 11.4 Å². The zero-order valence-corrected chi connectivity index (χ0v) is 11.4. The number of imidazole rings is 1. The second-order valence-electron chi connectivity index (χ2n) is 3.94. The number of nitrogens with one attached hydrogen (secondary N) is 2. The van der Waals surface area contributed by atoms with Crippen LogP contribution in [0.15, 0.2) is 47.9 Å². The molecule has 0 amide bonds. The molecule has 0 bridgehead atoms. The summed E-state index contributed by atoms with van der Waals surface area (Å²) >= 11 is 0. The Morgan fingerprint density at radius 2 is 2.11 bits per heavy atom. The predicted octanol–water partition coefficient (Wildman–Crippen LogP) is 0.903. The Labute approximate surface area is 112 Å². The Bertz CT molecular complexity index is 623. The van der Waals surface area contributed by atoms with E-state index in [0.717, 1.165) is 0 Å². The molecule has 0 radical (unpaired) electrons. The zero-order valence-electron chi connectivity index (χ0n) is 10.6. The first-order valence-electron chi connectivity index (χ1n) is 5.85. The van der Waals surface area contributed by atoms with Gasteiger partial charge in [-0.1, -0.05) is 12.1 Å². The Kier molecular flexibility index (Phi) is 4.18. The van der Waals surface area contributed by atoms with E-state index in [2.05, 4.69) is 15.0 Å². The highest BCUT2D eigenvalue weighted by atomic mass is 32.2. The van der Waals surface area contributed by atoms with E-state index in [-0.39, 0.29) is 4.90 Å². The minimum absolute atomic E-state index is 0.253. The average molecular weight is 280 g/mol. The van der Waals surface area contributed by atoms with Gasteiger partial charge in [0.1, 0.15) is 4.90 Å². The van der Waals surface area contributed by atoms with Crippen LogP contribution in [0.2, 0.25) is 0 Å². The van der Waals surface area contributed by atoms with Gasteiger partial charge in [-0.3, -0.25) is 0 Å². The van der Waals surface area contributed by atoms with E-state index in [9.17, 15) is 8.42 Å². The molecule has 0 unspecified atom stereocenters. The highest BCUT2D eigenvalue weighted by Gasteiger charge is 2.16. The molecule has 19 heavy (non-hydrogen) atoms. The summed E-state index contributed by atoms with van der Waals surface area (Å²) in [7, 11) is -1.81. The van der Waals surface area contributed by atoms with Crippen molar-refractivity contribution in [1.82, 2.24) is 14.3 Å². The molecule has 0 atom stereocenters. The smallest absolute Gasteiger partial charge is 0.242 e. The third-order valence-electron chi connectivity index (χ3n) is 2.67. The predicted molar refractivity (Wildman–Crippen MR) is 73.4 cm³/mol. The van der Waals surface area contributed by atoms with Gasteiger partial charge in [-0.05, 0) is 12.1 Å². The topological polar surface area (TPSA) is 76.0 Å². The number of sulfonamides is 1. The van der Waals surface area contributed by atoms with Crippen molar-refractivity contribution in [3.63, 3.8) is 0 Å². The van der Waals surface area contributed by atoms with E-state index in [1.807, 2.05) is 4.57 Å². The summed E-state index contributed by atoms with van der Waals surface area (Å²) in [5, 5.41) is 2.87. The Hall–Kier alpha value is -1.86. The molecule has 2 N–H and O–H groups in total. The number of aromatic nitrogens is 2. The van der Waals surface area contributed by atoms with Crippen molar-refractivity contribution in [2.24, 2.45) is 0 Å². The summed E-state index contributed by atoms with van der Waals surface area (Å²) in [6, 6.07) is 6.79. The van der Waals surface area contributed by atoms with Gasteiger partial charge < -0.3 is 9.88 Å². The quantitative estimate of drug-likeness (QED) is 0.824. The van der Waals surface area contributed by atoms with Gasteiger partial charge in [0, 0.05) is 32.5 Å². The van der Waals surface area contributed by atoms with E-state index < -0.39 is 10.0 Å². The monoisotopic (exact) mass is 280 g/mol. The van der Waals surface area contributed by atoms with Crippen LogP contribution >= 0.6 is 0 Å². The van der Waals surface area contributed by atoms with Crippen molar-refractivity contribution in [3.8, 4) is 0 Å². The van der Waals surface area contributed by atoms with E-state index in [4.69, 9.17) is 0 Å². The van der Waals surface area contributed by atoms with E-state index >= 15 is 0 Å². The number of benzene rings is 1. The maximum absolute atomic E-state index is 12.2. The zero-order chi connectivity index (χ0) is 13.7. The molecule has 6 nitrogen and oxygen atoms in total. The molecule has 0 aliphatic rings. The standard InChI is InChI=1S/C12H16N4O2S/c1-13-11-4-2-3-5-12(11)19(17,18)15-7-9-16-8-6-14-10-16/h2-6,8,10,13,15H,7,9H2,1H3. The van der Waals surface area contributed by atoms with Gasteiger partial charge in [0.15, 0.2) is 0 Å². The van der Waals surface area contributed by atoms with E-state index in [1.165, 1.54) is 0 Å². The molecule has 0 aliphatic carbocycles. The minimum Gasteiger partial charge on any atom is -0.387 e. The van der Waals surface area contributed by atoms with Crippen molar-refractivity contribution < 1.29 is 8.42 Å². The molecule has 0 saturated heterocycles. The number of hydrogen-bond acceptors (Lipinski definition) is 4. The largest absolute Gasteiger partial charge is 0.387 e. The molecule has 7 heteroatoms. The Morgan fingerprint density at radius 1 is 1.32 bits per heavy atom. The number of para-hydroxylation sites is 1. The second kappa shape index (κ2) is 5.85. The summed E-state index contributed by atoms with van der Waals surface area (Å²) in [6.07, 6.45) is 5.09. The molecule has 2 aromatic rings. The lowest BCUT2D eigenvalue weighted by Crippen LogP contribution is -2.27. The first-order chi connectivity index (χ1) is 9.13. The third kappa shape index (κ3) is 3.33. The summed E-state index contributed by atoms with van der Waals surface area (Å²) < 4.78 is 28.7. The Balaban J connectivity index is 2.05. The van der Waals surface area contributed by atoms with Crippen LogP contribution < -0.4 is 10.0 Å². The fraction of sp³-hybridized carbons (Fsp3) is 0.250. The van der Waals surface area contributed by atoms with E-state index in [0.29, 0.717) is 18.8 Å². The SMILES string of the molecule is CNc1ccccc1S(=O)(=O)NCCn1ccnc1. The molecule has 0 fully saturated rings. The van der Waals surface area contributed by atoms with Crippen molar-refractivity contribution >= 4 is 15.7 Å². The van der Waals surface area contributed by atoms with Crippen LogP contribution in [0.3, 0.4) is 0 Å². The Morgan fingerprint density at radius 3 is 2.79 bits per heavy atom. The van der Waals surface area contributed by atoms with Crippen LogP contribution in [0.5, 0.6) is 0 Å². The first-order valence-corrected chi connectivity index (χ1v) is 7.34. The highest BCUT2D eigenvalue weighted by Crippen LogP contribution is 2.19. The number of hydrogen-bond donors (Lipinski definition) is 2. The number of anilines is 1. The third-order valence-corrected chi connectivity index (χ3v) is 4.19. The molecular formula is C12H16N4O2S. The molecule has 0 saturated carbocycles. The molecule has 0 aliphatic heterocycles. The number of nitrogens with zero attached hydrogens (tertiary/aromatic N) is 2. The summed E-state index contributed by atoms with van der Waals surface area (Å²) in [5.41, 5.74) is 0.581. The summed E-state index contributed by atoms with van der Waals surface area (Å²) in [6.45, 7) is 0.859. The molecule has 1 aromatic heterocycles.